The zero-order chi connectivity index (χ0) is 15.8. The maximum Gasteiger partial charge on any atom is 0.239 e. The minimum absolute atomic E-state index is 0.0148. The number of rotatable bonds is 8. The highest BCUT2D eigenvalue weighted by Crippen LogP contribution is 2.26. The predicted molar refractivity (Wildman–Crippen MR) is 90.0 cm³/mol. The van der Waals surface area contributed by atoms with E-state index in [1.165, 1.54) is 0 Å². The highest BCUT2D eigenvalue weighted by Gasteiger charge is 2.10. The lowest BCUT2D eigenvalue weighted by atomic mass is 10.2. The molecular weight excluding hydrogens is 286 g/mol. The number of amides is 1. The first-order valence-corrected chi connectivity index (χ1v) is 7.81. The molecule has 0 aliphatic carbocycles. The van der Waals surface area contributed by atoms with Gasteiger partial charge in [0.2, 0.25) is 5.91 Å². The Morgan fingerprint density at radius 3 is 2.67 bits per heavy atom. The van der Waals surface area contributed by atoms with E-state index in [9.17, 15) is 4.79 Å². The van der Waals surface area contributed by atoms with Gasteiger partial charge in [0, 0.05) is 26.2 Å². The van der Waals surface area contributed by atoms with Gasteiger partial charge in [0.05, 0.1) is 17.3 Å². The standard InChI is InChI=1S/C16H26ClN3O/c1-5-8-18-16(21)11-20(4)15-7-6-13(9-14(15)17)10-19-12(2)3/h6-7,9,12,19H,5,8,10-11H2,1-4H3,(H,18,21). The summed E-state index contributed by atoms with van der Waals surface area (Å²) in [4.78, 5) is 13.6. The molecule has 4 nitrogen and oxygen atoms in total. The number of likely N-dealkylation sites (N-methyl/N-ethyl adjacent to an activating group) is 1. The van der Waals surface area contributed by atoms with Crippen LogP contribution in [-0.4, -0.2) is 32.1 Å². The van der Waals surface area contributed by atoms with E-state index in [4.69, 9.17) is 11.6 Å². The third-order valence-corrected chi connectivity index (χ3v) is 3.39. The van der Waals surface area contributed by atoms with E-state index < -0.39 is 0 Å². The normalized spacial score (nSPS) is 10.8. The molecule has 0 radical (unpaired) electrons. The van der Waals surface area contributed by atoms with Gasteiger partial charge in [-0.25, -0.2) is 0 Å². The lowest BCUT2D eigenvalue weighted by molar-refractivity contribution is -0.119. The largest absolute Gasteiger partial charge is 0.364 e. The van der Waals surface area contributed by atoms with E-state index in [2.05, 4.69) is 24.5 Å². The van der Waals surface area contributed by atoms with Crippen LogP contribution in [0.15, 0.2) is 18.2 Å². The van der Waals surface area contributed by atoms with Crippen molar-refractivity contribution in [3.05, 3.63) is 28.8 Å². The third-order valence-electron chi connectivity index (χ3n) is 3.09. The Bertz CT molecular complexity index is 463. The first-order valence-electron chi connectivity index (χ1n) is 7.43. The molecule has 1 aromatic carbocycles. The number of nitrogens with one attached hydrogen (secondary N) is 2. The summed E-state index contributed by atoms with van der Waals surface area (Å²) < 4.78 is 0. The van der Waals surface area contributed by atoms with E-state index in [-0.39, 0.29) is 5.91 Å². The SMILES string of the molecule is CCCNC(=O)CN(C)c1ccc(CNC(C)C)cc1Cl. The lowest BCUT2D eigenvalue weighted by Crippen LogP contribution is -2.35. The fourth-order valence-corrected chi connectivity index (χ4v) is 2.26. The summed E-state index contributed by atoms with van der Waals surface area (Å²) in [6.07, 6.45) is 0.938. The van der Waals surface area contributed by atoms with E-state index in [0.29, 0.717) is 24.2 Å². The number of anilines is 1. The van der Waals surface area contributed by atoms with Gasteiger partial charge in [0.1, 0.15) is 0 Å². The minimum Gasteiger partial charge on any atom is -0.364 e. The van der Waals surface area contributed by atoms with Crippen LogP contribution in [0.5, 0.6) is 0 Å². The quantitative estimate of drug-likeness (QED) is 0.776. The van der Waals surface area contributed by atoms with Crippen molar-refractivity contribution in [1.82, 2.24) is 10.6 Å². The summed E-state index contributed by atoms with van der Waals surface area (Å²) in [7, 11) is 1.87. The van der Waals surface area contributed by atoms with E-state index in [1.807, 2.05) is 37.1 Å². The molecule has 1 rings (SSSR count). The fourth-order valence-electron chi connectivity index (χ4n) is 1.91. The minimum atomic E-state index is 0.0148. The molecule has 0 bridgehead atoms. The molecule has 0 unspecified atom stereocenters. The Kier molecular flexibility index (Phi) is 7.54. The second-order valence-corrected chi connectivity index (χ2v) is 5.93. The van der Waals surface area contributed by atoms with Gasteiger partial charge in [-0.1, -0.05) is 38.4 Å². The molecular formula is C16H26ClN3O. The van der Waals surface area contributed by atoms with Gasteiger partial charge in [-0.2, -0.15) is 0 Å². The molecule has 0 aromatic heterocycles. The number of halogens is 1. The van der Waals surface area contributed by atoms with Gasteiger partial charge in [0.25, 0.3) is 0 Å². The van der Waals surface area contributed by atoms with Crippen LogP contribution in [-0.2, 0) is 11.3 Å². The van der Waals surface area contributed by atoms with Crippen molar-refractivity contribution in [3.8, 4) is 0 Å². The van der Waals surface area contributed by atoms with E-state index in [0.717, 1.165) is 24.2 Å². The molecule has 0 spiro atoms. The lowest BCUT2D eigenvalue weighted by Gasteiger charge is -2.20. The maximum absolute atomic E-state index is 11.7. The van der Waals surface area contributed by atoms with Crippen molar-refractivity contribution < 1.29 is 4.79 Å². The van der Waals surface area contributed by atoms with Gasteiger partial charge in [-0.15, -0.1) is 0 Å². The van der Waals surface area contributed by atoms with Crippen molar-refractivity contribution in [1.29, 1.82) is 0 Å². The second kappa shape index (κ2) is 8.90. The van der Waals surface area contributed by atoms with Crippen molar-refractivity contribution in [2.75, 3.05) is 25.0 Å². The molecule has 0 atom stereocenters. The van der Waals surface area contributed by atoms with Crippen LogP contribution in [0.25, 0.3) is 0 Å². The molecule has 0 saturated carbocycles. The molecule has 0 saturated heterocycles. The van der Waals surface area contributed by atoms with E-state index in [1.54, 1.807) is 0 Å². The van der Waals surface area contributed by atoms with Crippen molar-refractivity contribution >= 4 is 23.2 Å². The molecule has 118 valence electrons. The second-order valence-electron chi connectivity index (χ2n) is 5.53. The summed E-state index contributed by atoms with van der Waals surface area (Å²) in [5.41, 5.74) is 2.01. The van der Waals surface area contributed by atoms with Crippen LogP contribution in [0.3, 0.4) is 0 Å². The number of nitrogens with zero attached hydrogens (tertiary/aromatic N) is 1. The van der Waals surface area contributed by atoms with Gasteiger partial charge >= 0.3 is 0 Å². The van der Waals surface area contributed by atoms with Crippen molar-refractivity contribution in [3.63, 3.8) is 0 Å². The number of benzene rings is 1. The highest BCUT2D eigenvalue weighted by atomic mass is 35.5. The fraction of sp³-hybridized carbons (Fsp3) is 0.562. The Morgan fingerprint density at radius 1 is 1.38 bits per heavy atom. The number of hydrogen-bond acceptors (Lipinski definition) is 3. The average molecular weight is 312 g/mol. The monoisotopic (exact) mass is 311 g/mol. The number of carbonyl (C=O) groups is 1. The molecule has 0 fully saturated rings. The molecule has 2 N–H and O–H groups in total. The van der Waals surface area contributed by atoms with Crippen LogP contribution < -0.4 is 15.5 Å². The molecule has 1 aromatic rings. The van der Waals surface area contributed by atoms with E-state index >= 15 is 0 Å². The van der Waals surface area contributed by atoms with Crippen molar-refractivity contribution in [2.45, 2.75) is 39.8 Å². The molecule has 0 aliphatic rings. The molecule has 5 heteroatoms. The van der Waals surface area contributed by atoms with Gasteiger partial charge in [-0.05, 0) is 24.1 Å². The molecule has 21 heavy (non-hydrogen) atoms. The molecule has 0 heterocycles. The zero-order valence-electron chi connectivity index (χ0n) is 13.4. The van der Waals surface area contributed by atoms with Crippen LogP contribution >= 0.6 is 11.6 Å². The zero-order valence-corrected chi connectivity index (χ0v) is 14.1. The summed E-state index contributed by atoms with van der Waals surface area (Å²) >= 11 is 6.33. The first kappa shape index (κ1) is 17.8. The maximum atomic E-state index is 11.7. The average Bonchev–Trinajstić information content (AvgIpc) is 2.42. The Balaban J connectivity index is 2.64. The predicted octanol–water partition coefficient (Wildman–Crippen LogP) is 2.80. The van der Waals surface area contributed by atoms with Crippen LogP contribution in [0.2, 0.25) is 5.02 Å². The Hall–Kier alpha value is -1.26. The first-order chi connectivity index (χ1) is 9.93. The van der Waals surface area contributed by atoms with Crippen LogP contribution in [0, 0.1) is 0 Å². The van der Waals surface area contributed by atoms with Gasteiger partial charge in [-0.3, -0.25) is 4.79 Å². The molecule has 1 amide bonds. The third kappa shape index (κ3) is 6.36. The van der Waals surface area contributed by atoms with Crippen molar-refractivity contribution in [2.24, 2.45) is 0 Å². The summed E-state index contributed by atoms with van der Waals surface area (Å²) in [5, 5.41) is 6.89. The number of carbonyl (C=O) groups excluding carboxylic acids is 1. The summed E-state index contributed by atoms with van der Waals surface area (Å²) in [6, 6.07) is 6.39. The summed E-state index contributed by atoms with van der Waals surface area (Å²) in [6.45, 7) is 8.06. The molecule has 0 aliphatic heterocycles. The summed E-state index contributed by atoms with van der Waals surface area (Å²) in [5.74, 6) is 0.0148. The van der Waals surface area contributed by atoms with Gasteiger partial charge in [0.15, 0.2) is 0 Å². The number of hydrogen-bond donors (Lipinski definition) is 2. The van der Waals surface area contributed by atoms with Gasteiger partial charge < -0.3 is 15.5 Å². The van der Waals surface area contributed by atoms with Crippen LogP contribution in [0.1, 0.15) is 32.8 Å². The smallest absolute Gasteiger partial charge is 0.239 e. The van der Waals surface area contributed by atoms with Crippen LogP contribution in [0.4, 0.5) is 5.69 Å². The Morgan fingerprint density at radius 2 is 2.10 bits per heavy atom. The highest BCUT2D eigenvalue weighted by molar-refractivity contribution is 6.33. The topological polar surface area (TPSA) is 44.4 Å². The Labute approximate surface area is 132 Å².